The van der Waals surface area contributed by atoms with Crippen molar-refractivity contribution in [1.82, 2.24) is 20.1 Å². The second-order valence-electron chi connectivity index (χ2n) is 10.4. The van der Waals surface area contributed by atoms with Crippen LogP contribution in [0.3, 0.4) is 0 Å². The van der Waals surface area contributed by atoms with Gasteiger partial charge in [-0.05, 0) is 42.7 Å². The molecule has 9 nitrogen and oxygen atoms in total. The first-order valence-corrected chi connectivity index (χ1v) is 12.2. The van der Waals surface area contributed by atoms with Gasteiger partial charge in [0.1, 0.15) is 11.5 Å². The number of pyridine rings is 1. The molecule has 0 spiro atoms. The number of halogens is 1. The molecule has 3 heterocycles. The molecule has 2 aromatic heterocycles. The van der Waals surface area contributed by atoms with E-state index < -0.39 is 11.7 Å². The second-order valence-corrected chi connectivity index (χ2v) is 10.4. The molecule has 3 aromatic rings. The molecule has 4 rings (SSSR count). The summed E-state index contributed by atoms with van der Waals surface area (Å²) < 4.78 is 21.2. The predicted molar refractivity (Wildman–Crippen MR) is 140 cm³/mol. The lowest BCUT2D eigenvalue weighted by molar-refractivity contribution is 0.0929. The van der Waals surface area contributed by atoms with Crippen molar-refractivity contribution in [3.05, 3.63) is 59.3 Å². The van der Waals surface area contributed by atoms with Gasteiger partial charge in [-0.25, -0.2) is 4.39 Å². The van der Waals surface area contributed by atoms with Crippen LogP contribution in [0.25, 0.3) is 11.3 Å². The first kappa shape index (κ1) is 26.3. The summed E-state index contributed by atoms with van der Waals surface area (Å²) in [5, 5.41) is 10.2. The Kier molecular flexibility index (Phi) is 7.58. The summed E-state index contributed by atoms with van der Waals surface area (Å²) in [6.07, 6.45) is 1.54. The van der Waals surface area contributed by atoms with Crippen LogP contribution >= 0.6 is 0 Å². The number of benzene rings is 1. The summed E-state index contributed by atoms with van der Waals surface area (Å²) in [6.45, 7) is 10.9. The number of nitrogens with zero attached hydrogens (tertiary/aromatic N) is 4. The van der Waals surface area contributed by atoms with Crippen LogP contribution < -0.4 is 15.5 Å². The van der Waals surface area contributed by atoms with E-state index in [1.54, 1.807) is 31.4 Å². The number of morpholine rings is 1. The van der Waals surface area contributed by atoms with Crippen molar-refractivity contribution in [3.63, 3.8) is 0 Å². The Bertz CT molecular complexity index is 1310. The average molecular weight is 509 g/mol. The van der Waals surface area contributed by atoms with Gasteiger partial charge in [0, 0.05) is 49.2 Å². The number of carbonyl (C=O) groups is 2. The number of carbonyl (C=O) groups excluding carboxylic acids is 2. The molecule has 0 atom stereocenters. The smallest absolute Gasteiger partial charge is 0.269 e. The highest BCUT2D eigenvalue weighted by Gasteiger charge is 2.20. The minimum Gasteiger partial charge on any atom is -0.378 e. The minimum absolute atomic E-state index is 0.0469. The number of aromatic nitrogens is 3. The topological polar surface area (TPSA) is 101 Å². The van der Waals surface area contributed by atoms with Gasteiger partial charge in [0.25, 0.3) is 11.8 Å². The molecule has 0 aliphatic carbocycles. The first-order valence-electron chi connectivity index (χ1n) is 12.2. The van der Waals surface area contributed by atoms with Crippen molar-refractivity contribution in [2.24, 2.45) is 12.5 Å². The molecular formula is C27H33FN6O3. The third-order valence-electron chi connectivity index (χ3n) is 6.03. The maximum atomic E-state index is 14.4. The first-order chi connectivity index (χ1) is 17.5. The number of hydrogen-bond donors (Lipinski definition) is 2. The van der Waals surface area contributed by atoms with Crippen LogP contribution in [0.4, 0.5) is 15.8 Å². The van der Waals surface area contributed by atoms with Gasteiger partial charge in [0.15, 0.2) is 0 Å². The standard InChI is InChI=1S/C27H33FN6O3/c1-17-22(23-14-24(33(5)32-23)26(36)30-16-27(2,3)4)13-20(15-29-17)31-25(35)18-10-19(28)12-21(11-18)34-6-8-37-9-7-34/h10-15H,6-9,16H2,1-5H3,(H,30,36)(H,31,35). The molecular weight excluding hydrogens is 475 g/mol. The van der Waals surface area contributed by atoms with Gasteiger partial charge in [-0.1, -0.05) is 20.8 Å². The fourth-order valence-electron chi connectivity index (χ4n) is 4.02. The maximum absolute atomic E-state index is 14.4. The Morgan fingerprint density at radius 2 is 1.81 bits per heavy atom. The molecule has 1 aromatic carbocycles. The van der Waals surface area contributed by atoms with Gasteiger partial charge in [0.2, 0.25) is 0 Å². The Labute approximate surface area is 216 Å². The number of hydrogen-bond acceptors (Lipinski definition) is 6. The number of ether oxygens (including phenoxy) is 1. The molecule has 1 aliphatic rings. The molecule has 0 bridgehead atoms. The largest absolute Gasteiger partial charge is 0.378 e. The molecule has 10 heteroatoms. The van der Waals surface area contributed by atoms with Crippen molar-refractivity contribution >= 4 is 23.2 Å². The highest BCUT2D eigenvalue weighted by molar-refractivity contribution is 6.05. The van der Waals surface area contributed by atoms with Gasteiger partial charge >= 0.3 is 0 Å². The number of rotatable bonds is 6. The third-order valence-corrected chi connectivity index (χ3v) is 6.03. The van der Waals surface area contributed by atoms with Gasteiger partial charge in [-0.3, -0.25) is 19.3 Å². The molecule has 2 N–H and O–H groups in total. The van der Waals surface area contributed by atoms with Crippen LogP contribution in [0, 0.1) is 18.2 Å². The normalized spacial score (nSPS) is 13.9. The molecule has 1 saturated heterocycles. The molecule has 1 aliphatic heterocycles. The highest BCUT2D eigenvalue weighted by atomic mass is 19.1. The molecule has 2 amide bonds. The van der Waals surface area contributed by atoms with Crippen LogP contribution in [0.15, 0.2) is 36.5 Å². The van der Waals surface area contributed by atoms with E-state index in [1.807, 2.05) is 32.6 Å². The van der Waals surface area contributed by atoms with Crippen molar-refractivity contribution in [2.75, 3.05) is 43.1 Å². The lowest BCUT2D eigenvalue weighted by Crippen LogP contribution is -2.36. The van der Waals surface area contributed by atoms with Crippen LogP contribution in [-0.2, 0) is 11.8 Å². The number of nitrogens with one attached hydrogen (secondary N) is 2. The van der Waals surface area contributed by atoms with E-state index in [2.05, 4.69) is 20.7 Å². The number of amides is 2. The van der Waals surface area contributed by atoms with Gasteiger partial charge in [-0.15, -0.1) is 0 Å². The molecule has 0 unspecified atom stereocenters. The number of anilines is 2. The van der Waals surface area contributed by atoms with Crippen LogP contribution in [0.1, 0.15) is 47.3 Å². The average Bonchev–Trinajstić information content (AvgIpc) is 3.24. The summed E-state index contributed by atoms with van der Waals surface area (Å²) in [4.78, 5) is 32.1. The molecule has 196 valence electrons. The molecule has 0 saturated carbocycles. The van der Waals surface area contributed by atoms with Crippen molar-refractivity contribution < 1.29 is 18.7 Å². The summed E-state index contributed by atoms with van der Waals surface area (Å²) in [6, 6.07) is 7.76. The summed E-state index contributed by atoms with van der Waals surface area (Å²) >= 11 is 0. The Balaban J connectivity index is 1.54. The Hall–Kier alpha value is -3.79. The number of aryl methyl sites for hydroxylation is 2. The molecule has 0 radical (unpaired) electrons. The highest BCUT2D eigenvalue weighted by Crippen LogP contribution is 2.26. The minimum atomic E-state index is -0.484. The SMILES string of the molecule is Cc1ncc(NC(=O)c2cc(F)cc(N3CCOCC3)c2)cc1-c1cc(C(=O)NCC(C)(C)C)n(C)n1. The maximum Gasteiger partial charge on any atom is 0.269 e. The van der Waals surface area contributed by atoms with Crippen molar-refractivity contribution in [3.8, 4) is 11.3 Å². The van der Waals surface area contributed by atoms with E-state index >= 15 is 0 Å². The molecule has 1 fully saturated rings. The van der Waals surface area contributed by atoms with Crippen LogP contribution in [0.2, 0.25) is 0 Å². The van der Waals surface area contributed by atoms with E-state index in [4.69, 9.17) is 4.74 Å². The fraction of sp³-hybridized carbons (Fsp3) is 0.407. The summed E-state index contributed by atoms with van der Waals surface area (Å²) in [7, 11) is 1.71. The van der Waals surface area contributed by atoms with E-state index in [0.717, 1.165) is 0 Å². The van der Waals surface area contributed by atoms with Gasteiger partial charge < -0.3 is 20.3 Å². The lowest BCUT2D eigenvalue weighted by Gasteiger charge is -2.29. The Morgan fingerprint density at radius 3 is 2.51 bits per heavy atom. The van der Waals surface area contributed by atoms with Crippen molar-refractivity contribution in [2.45, 2.75) is 27.7 Å². The molecule has 37 heavy (non-hydrogen) atoms. The monoisotopic (exact) mass is 508 g/mol. The van der Waals surface area contributed by atoms with E-state index in [0.29, 0.717) is 66.9 Å². The second kappa shape index (κ2) is 10.7. The van der Waals surface area contributed by atoms with Gasteiger partial charge in [0.05, 0.1) is 30.8 Å². The zero-order valence-electron chi connectivity index (χ0n) is 21.9. The quantitative estimate of drug-likeness (QED) is 0.525. The van der Waals surface area contributed by atoms with Crippen LogP contribution in [-0.4, -0.2) is 59.4 Å². The zero-order valence-corrected chi connectivity index (χ0v) is 21.9. The van der Waals surface area contributed by atoms with Crippen LogP contribution in [0.5, 0.6) is 0 Å². The van der Waals surface area contributed by atoms with E-state index in [9.17, 15) is 14.0 Å². The fourth-order valence-corrected chi connectivity index (χ4v) is 4.02. The van der Waals surface area contributed by atoms with Crippen molar-refractivity contribution in [1.29, 1.82) is 0 Å². The summed E-state index contributed by atoms with van der Waals surface area (Å²) in [5.74, 6) is -1.15. The van der Waals surface area contributed by atoms with Gasteiger partial charge in [-0.2, -0.15) is 5.10 Å². The predicted octanol–water partition coefficient (Wildman–Crippen LogP) is 3.79. The third kappa shape index (κ3) is 6.51. The zero-order chi connectivity index (χ0) is 26.7. The lowest BCUT2D eigenvalue weighted by atomic mass is 9.97. The summed E-state index contributed by atoms with van der Waals surface area (Å²) in [5.41, 5.74) is 3.59. The van der Waals surface area contributed by atoms with E-state index in [1.165, 1.54) is 16.8 Å². The Morgan fingerprint density at radius 1 is 1.08 bits per heavy atom. The van der Waals surface area contributed by atoms with E-state index in [-0.39, 0.29) is 16.9 Å².